The summed E-state index contributed by atoms with van der Waals surface area (Å²) in [4.78, 5) is 22.8. The lowest BCUT2D eigenvalue weighted by molar-refractivity contribution is -0.152. The molecule has 1 aromatic rings. The number of aryl methyl sites for hydroxylation is 2. The second-order valence-electron chi connectivity index (χ2n) is 5.47. The summed E-state index contributed by atoms with van der Waals surface area (Å²) in [5.41, 5.74) is 6.58. The number of primary amides is 1. The summed E-state index contributed by atoms with van der Waals surface area (Å²) in [5.74, 6) is -0.147. The zero-order valence-electron chi connectivity index (χ0n) is 12.6. The van der Waals surface area contributed by atoms with Crippen molar-refractivity contribution < 1.29 is 19.1 Å². The van der Waals surface area contributed by atoms with Crippen molar-refractivity contribution in [2.45, 2.75) is 27.7 Å². The van der Waals surface area contributed by atoms with Crippen LogP contribution in [0.4, 0.5) is 0 Å². The molecule has 0 spiro atoms. The fourth-order valence-electron chi connectivity index (χ4n) is 1.91. The van der Waals surface area contributed by atoms with Crippen LogP contribution in [0, 0.1) is 19.3 Å². The molecule has 0 heterocycles. The number of ether oxygens (including phenoxy) is 2. The molecular formula is C15H21NO4. The van der Waals surface area contributed by atoms with Gasteiger partial charge in [-0.3, -0.25) is 9.59 Å². The molecule has 0 aliphatic rings. The first-order valence-electron chi connectivity index (χ1n) is 6.31. The van der Waals surface area contributed by atoms with Gasteiger partial charge in [0.2, 0.25) is 5.91 Å². The fraction of sp³-hybridized carbons (Fsp3) is 0.467. The molecule has 0 atom stereocenters. The summed E-state index contributed by atoms with van der Waals surface area (Å²) in [6, 6.07) is 3.35. The van der Waals surface area contributed by atoms with E-state index in [4.69, 9.17) is 15.2 Å². The molecule has 1 amide bonds. The van der Waals surface area contributed by atoms with Crippen LogP contribution >= 0.6 is 0 Å². The van der Waals surface area contributed by atoms with Crippen LogP contribution in [0.15, 0.2) is 12.1 Å². The van der Waals surface area contributed by atoms with Gasteiger partial charge in [-0.25, -0.2) is 0 Å². The Balaban J connectivity index is 2.94. The van der Waals surface area contributed by atoms with Crippen molar-refractivity contribution in [3.05, 3.63) is 28.8 Å². The van der Waals surface area contributed by atoms with Gasteiger partial charge in [-0.15, -0.1) is 0 Å². The molecule has 5 nitrogen and oxygen atoms in total. The minimum Gasteiger partial charge on any atom is -0.492 e. The van der Waals surface area contributed by atoms with Crippen molar-refractivity contribution in [3.63, 3.8) is 0 Å². The van der Waals surface area contributed by atoms with E-state index in [0.717, 1.165) is 11.1 Å². The highest BCUT2D eigenvalue weighted by atomic mass is 16.5. The topological polar surface area (TPSA) is 78.6 Å². The molecule has 0 aliphatic heterocycles. The minimum atomic E-state index is -0.740. The largest absolute Gasteiger partial charge is 0.492 e. The molecule has 0 fully saturated rings. The number of benzene rings is 1. The van der Waals surface area contributed by atoms with Crippen LogP contribution in [0.25, 0.3) is 0 Å². The van der Waals surface area contributed by atoms with E-state index < -0.39 is 11.3 Å². The molecule has 110 valence electrons. The van der Waals surface area contributed by atoms with Crippen molar-refractivity contribution in [2.75, 3.05) is 13.7 Å². The van der Waals surface area contributed by atoms with E-state index >= 15 is 0 Å². The van der Waals surface area contributed by atoms with E-state index in [1.165, 1.54) is 7.11 Å². The first-order valence-corrected chi connectivity index (χ1v) is 6.31. The number of hydrogen-bond donors (Lipinski definition) is 1. The van der Waals surface area contributed by atoms with E-state index in [1.807, 2.05) is 13.8 Å². The van der Waals surface area contributed by atoms with Gasteiger partial charge in [-0.1, -0.05) is 0 Å². The highest BCUT2D eigenvalue weighted by molar-refractivity contribution is 5.93. The van der Waals surface area contributed by atoms with E-state index in [-0.39, 0.29) is 12.6 Å². The molecule has 0 saturated carbocycles. The van der Waals surface area contributed by atoms with Gasteiger partial charge < -0.3 is 15.2 Å². The van der Waals surface area contributed by atoms with Gasteiger partial charge in [0.15, 0.2) is 0 Å². The molecule has 1 aromatic carbocycles. The number of esters is 1. The quantitative estimate of drug-likeness (QED) is 0.836. The monoisotopic (exact) mass is 279 g/mol. The minimum absolute atomic E-state index is 0.192. The maximum atomic E-state index is 11.6. The third-order valence-electron chi connectivity index (χ3n) is 3.06. The Hall–Kier alpha value is -2.04. The SMILES string of the molecule is COC(=O)C(C)(C)COc1c(C)cc(C(N)=O)cc1C. The van der Waals surface area contributed by atoms with Crippen LogP contribution in [0.2, 0.25) is 0 Å². The average molecular weight is 279 g/mol. The Morgan fingerprint density at radius 2 is 1.70 bits per heavy atom. The van der Waals surface area contributed by atoms with Crippen molar-refractivity contribution in [3.8, 4) is 5.75 Å². The van der Waals surface area contributed by atoms with Gasteiger partial charge in [0.25, 0.3) is 0 Å². The standard InChI is InChI=1S/C15H21NO4/c1-9-6-11(13(16)17)7-10(2)12(9)20-8-15(3,4)14(18)19-5/h6-7H,8H2,1-5H3,(H2,16,17). The third-order valence-corrected chi connectivity index (χ3v) is 3.06. The molecule has 0 aliphatic carbocycles. The molecule has 20 heavy (non-hydrogen) atoms. The third kappa shape index (κ3) is 3.50. The molecule has 1 rings (SSSR count). The summed E-state index contributed by atoms with van der Waals surface area (Å²) in [5, 5.41) is 0. The number of rotatable bonds is 5. The van der Waals surface area contributed by atoms with Gasteiger partial charge >= 0.3 is 5.97 Å². The van der Waals surface area contributed by atoms with Gasteiger partial charge in [0.05, 0.1) is 12.5 Å². The van der Waals surface area contributed by atoms with E-state index in [1.54, 1.807) is 26.0 Å². The molecule has 0 saturated heterocycles. The molecule has 0 unspecified atom stereocenters. The van der Waals surface area contributed by atoms with Gasteiger partial charge in [-0.2, -0.15) is 0 Å². The first-order chi connectivity index (χ1) is 9.19. The highest BCUT2D eigenvalue weighted by Crippen LogP contribution is 2.27. The summed E-state index contributed by atoms with van der Waals surface area (Å²) in [6.07, 6.45) is 0. The smallest absolute Gasteiger partial charge is 0.314 e. The number of methoxy groups -OCH3 is 1. The zero-order chi connectivity index (χ0) is 15.5. The maximum absolute atomic E-state index is 11.6. The van der Waals surface area contributed by atoms with E-state index in [2.05, 4.69) is 0 Å². The number of carbonyl (C=O) groups is 2. The molecule has 0 aromatic heterocycles. The lowest BCUT2D eigenvalue weighted by Gasteiger charge is -2.23. The number of hydrogen-bond acceptors (Lipinski definition) is 4. The molecule has 0 bridgehead atoms. The second kappa shape index (κ2) is 5.94. The van der Waals surface area contributed by atoms with E-state index in [9.17, 15) is 9.59 Å². The number of amides is 1. The van der Waals surface area contributed by atoms with Crippen LogP contribution in [0.1, 0.15) is 35.3 Å². The molecule has 2 N–H and O–H groups in total. The second-order valence-corrected chi connectivity index (χ2v) is 5.47. The zero-order valence-corrected chi connectivity index (χ0v) is 12.6. The van der Waals surface area contributed by atoms with Crippen molar-refractivity contribution >= 4 is 11.9 Å². The van der Waals surface area contributed by atoms with Crippen LogP contribution in [-0.4, -0.2) is 25.6 Å². The summed E-state index contributed by atoms with van der Waals surface area (Å²) in [7, 11) is 1.35. The van der Waals surface area contributed by atoms with Crippen molar-refractivity contribution in [1.29, 1.82) is 0 Å². The van der Waals surface area contributed by atoms with Gasteiger partial charge in [0, 0.05) is 5.56 Å². The van der Waals surface area contributed by atoms with Crippen LogP contribution in [0.5, 0.6) is 5.75 Å². The summed E-state index contributed by atoms with van der Waals surface area (Å²) in [6.45, 7) is 7.36. The Morgan fingerprint density at radius 1 is 1.20 bits per heavy atom. The van der Waals surface area contributed by atoms with Crippen molar-refractivity contribution in [2.24, 2.45) is 11.1 Å². The lowest BCUT2D eigenvalue weighted by Crippen LogP contribution is -2.32. The normalized spacial score (nSPS) is 11.1. The van der Waals surface area contributed by atoms with Gasteiger partial charge in [0.1, 0.15) is 12.4 Å². The predicted octanol–water partition coefficient (Wildman–Crippen LogP) is 1.98. The van der Waals surface area contributed by atoms with Crippen LogP contribution < -0.4 is 10.5 Å². The Kier molecular flexibility index (Phi) is 4.76. The number of carbonyl (C=O) groups excluding carboxylic acids is 2. The maximum Gasteiger partial charge on any atom is 0.314 e. The number of nitrogens with two attached hydrogens (primary N) is 1. The van der Waals surface area contributed by atoms with E-state index in [0.29, 0.717) is 11.3 Å². The Labute approximate surface area is 119 Å². The average Bonchev–Trinajstić information content (AvgIpc) is 2.36. The fourth-order valence-corrected chi connectivity index (χ4v) is 1.91. The Morgan fingerprint density at radius 3 is 2.10 bits per heavy atom. The molecule has 0 radical (unpaired) electrons. The summed E-state index contributed by atoms with van der Waals surface area (Å²) < 4.78 is 10.5. The molecule has 5 heteroatoms. The van der Waals surface area contributed by atoms with Gasteiger partial charge in [-0.05, 0) is 51.0 Å². The molecular weight excluding hydrogens is 258 g/mol. The van der Waals surface area contributed by atoms with Crippen LogP contribution in [-0.2, 0) is 9.53 Å². The lowest BCUT2D eigenvalue weighted by atomic mass is 9.95. The Bertz CT molecular complexity index is 512. The highest BCUT2D eigenvalue weighted by Gasteiger charge is 2.30. The van der Waals surface area contributed by atoms with Crippen LogP contribution in [0.3, 0.4) is 0 Å². The predicted molar refractivity (Wildman–Crippen MR) is 75.7 cm³/mol. The first kappa shape index (κ1) is 16.0. The summed E-state index contributed by atoms with van der Waals surface area (Å²) >= 11 is 0. The van der Waals surface area contributed by atoms with Crippen molar-refractivity contribution in [1.82, 2.24) is 0 Å².